The van der Waals surface area contributed by atoms with Crippen LogP contribution in [0.1, 0.15) is 31.4 Å². The maximum atomic E-state index is 11.4. The zero-order chi connectivity index (χ0) is 15.9. The maximum absolute atomic E-state index is 11.4. The van der Waals surface area contributed by atoms with Gasteiger partial charge in [-0.15, -0.1) is 0 Å². The summed E-state index contributed by atoms with van der Waals surface area (Å²) in [5.41, 5.74) is 2.31. The molecular formula is C18H21O4. The normalized spacial score (nSPS) is 23.0. The first-order chi connectivity index (χ1) is 10.6. The van der Waals surface area contributed by atoms with Crippen LogP contribution in [0.5, 0.6) is 0 Å². The van der Waals surface area contributed by atoms with Crippen LogP contribution in [0.25, 0.3) is 0 Å². The number of ether oxygens (including phenoxy) is 2. The fourth-order valence-electron chi connectivity index (χ4n) is 2.59. The Bertz CT molecular complexity index is 562. The first kappa shape index (κ1) is 16.3. The molecule has 0 bridgehead atoms. The van der Waals surface area contributed by atoms with E-state index in [0.717, 1.165) is 18.4 Å². The molecule has 0 aliphatic heterocycles. The second-order valence-electron chi connectivity index (χ2n) is 5.35. The average Bonchev–Trinajstić information content (AvgIpc) is 2.45. The molecule has 0 saturated heterocycles. The quantitative estimate of drug-likeness (QED) is 0.622. The van der Waals surface area contributed by atoms with Crippen LogP contribution in [0.15, 0.2) is 36.4 Å². The van der Waals surface area contributed by atoms with Gasteiger partial charge in [0.25, 0.3) is 0 Å². The highest BCUT2D eigenvalue weighted by Gasteiger charge is 2.26. The Morgan fingerprint density at radius 1 is 1.05 bits per heavy atom. The summed E-state index contributed by atoms with van der Waals surface area (Å²) in [7, 11) is 0. The number of fused-ring (bicyclic) bond motifs is 1. The molecule has 2 unspecified atom stereocenters. The number of benzene rings is 1. The van der Waals surface area contributed by atoms with Gasteiger partial charge in [-0.2, -0.15) is 0 Å². The molecule has 1 aliphatic rings. The molecule has 4 nitrogen and oxygen atoms in total. The number of esters is 2. The van der Waals surface area contributed by atoms with Gasteiger partial charge in [0.15, 0.2) is 6.10 Å². The zero-order valence-electron chi connectivity index (χ0n) is 13.0. The summed E-state index contributed by atoms with van der Waals surface area (Å²) in [6.07, 6.45) is 7.00. The summed E-state index contributed by atoms with van der Waals surface area (Å²) >= 11 is 0. The van der Waals surface area contributed by atoms with E-state index in [1.54, 1.807) is 6.08 Å². The zero-order valence-corrected chi connectivity index (χ0v) is 13.0. The monoisotopic (exact) mass is 301 g/mol. The number of allylic oxidation sites excluding steroid dienone is 1. The van der Waals surface area contributed by atoms with E-state index in [9.17, 15) is 9.59 Å². The van der Waals surface area contributed by atoms with Gasteiger partial charge in [0.1, 0.15) is 6.10 Å². The Hall–Kier alpha value is -2.10. The number of rotatable bonds is 2. The lowest BCUT2D eigenvalue weighted by molar-refractivity contribution is -0.161. The summed E-state index contributed by atoms with van der Waals surface area (Å²) < 4.78 is 10.8. The number of carbonyl (C=O) groups is 2. The van der Waals surface area contributed by atoms with Gasteiger partial charge < -0.3 is 9.47 Å². The number of hydrogen-bond acceptors (Lipinski definition) is 4. The lowest BCUT2D eigenvalue weighted by Gasteiger charge is -2.25. The van der Waals surface area contributed by atoms with Gasteiger partial charge in [-0.3, -0.25) is 9.59 Å². The van der Waals surface area contributed by atoms with Crippen LogP contribution < -0.4 is 0 Å². The molecule has 1 aliphatic carbocycles. The highest BCUT2D eigenvalue weighted by atomic mass is 16.6. The molecule has 0 saturated carbocycles. The third kappa shape index (κ3) is 4.72. The summed E-state index contributed by atoms with van der Waals surface area (Å²) in [4.78, 5) is 22.8. The highest BCUT2D eigenvalue weighted by molar-refractivity contribution is 5.67. The third-order valence-electron chi connectivity index (χ3n) is 3.52. The van der Waals surface area contributed by atoms with Gasteiger partial charge in [0.05, 0.1) is 0 Å². The SMILES string of the molecule is CC(=O)OC1/C=C\C[CH]Cc2ccccc2CC1OC(C)=O. The van der Waals surface area contributed by atoms with Crippen molar-refractivity contribution in [1.29, 1.82) is 0 Å². The third-order valence-corrected chi connectivity index (χ3v) is 3.52. The molecule has 0 N–H and O–H groups in total. The van der Waals surface area contributed by atoms with E-state index >= 15 is 0 Å². The maximum Gasteiger partial charge on any atom is 0.303 e. The van der Waals surface area contributed by atoms with Crippen molar-refractivity contribution < 1.29 is 19.1 Å². The van der Waals surface area contributed by atoms with E-state index in [-0.39, 0.29) is 11.9 Å². The molecule has 1 aromatic rings. The Morgan fingerprint density at radius 2 is 1.73 bits per heavy atom. The summed E-state index contributed by atoms with van der Waals surface area (Å²) in [5, 5.41) is 0. The van der Waals surface area contributed by atoms with Crippen LogP contribution in [-0.2, 0) is 31.9 Å². The van der Waals surface area contributed by atoms with Gasteiger partial charge in [-0.1, -0.05) is 30.3 Å². The van der Waals surface area contributed by atoms with Crippen molar-refractivity contribution in [3.8, 4) is 0 Å². The molecule has 22 heavy (non-hydrogen) atoms. The van der Waals surface area contributed by atoms with Crippen LogP contribution in [0.3, 0.4) is 0 Å². The molecule has 0 fully saturated rings. The van der Waals surface area contributed by atoms with E-state index in [2.05, 4.69) is 12.5 Å². The molecule has 2 atom stereocenters. The molecule has 2 rings (SSSR count). The second kappa shape index (κ2) is 7.78. The second-order valence-corrected chi connectivity index (χ2v) is 5.35. The Kier molecular flexibility index (Phi) is 5.75. The van der Waals surface area contributed by atoms with Gasteiger partial charge in [0, 0.05) is 20.3 Å². The minimum Gasteiger partial charge on any atom is -0.458 e. The van der Waals surface area contributed by atoms with Crippen LogP contribution in [-0.4, -0.2) is 24.1 Å². The van der Waals surface area contributed by atoms with Crippen molar-refractivity contribution in [3.05, 3.63) is 54.0 Å². The van der Waals surface area contributed by atoms with E-state index in [1.807, 2.05) is 24.3 Å². The smallest absolute Gasteiger partial charge is 0.303 e. The van der Waals surface area contributed by atoms with Gasteiger partial charge in [-0.05, 0) is 36.5 Å². The molecular weight excluding hydrogens is 280 g/mol. The summed E-state index contributed by atoms with van der Waals surface area (Å²) in [6, 6.07) is 8.06. The fourth-order valence-corrected chi connectivity index (χ4v) is 2.59. The molecule has 4 heteroatoms. The Balaban J connectivity index is 2.31. The standard InChI is InChI=1S/C18H21O4/c1-13(19)21-17-11-5-3-4-8-15-9-6-7-10-16(15)12-18(17)22-14(2)20/h4-7,9-11,17-18H,3,8,12H2,1-2H3/b11-5-. The van der Waals surface area contributed by atoms with E-state index in [4.69, 9.17) is 9.47 Å². The summed E-state index contributed by atoms with van der Waals surface area (Å²) in [5.74, 6) is -0.766. The van der Waals surface area contributed by atoms with Gasteiger partial charge in [0.2, 0.25) is 0 Å². The largest absolute Gasteiger partial charge is 0.458 e. The van der Waals surface area contributed by atoms with E-state index in [0.29, 0.717) is 6.42 Å². The molecule has 0 aromatic heterocycles. The van der Waals surface area contributed by atoms with Gasteiger partial charge in [-0.25, -0.2) is 0 Å². The Labute approximate surface area is 131 Å². The lowest BCUT2D eigenvalue weighted by atomic mass is 9.94. The van der Waals surface area contributed by atoms with Crippen LogP contribution in [0, 0.1) is 6.42 Å². The minimum absolute atomic E-state index is 0.378. The predicted molar refractivity (Wildman–Crippen MR) is 83.0 cm³/mol. The van der Waals surface area contributed by atoms with Crippen LogP contribution >= 0.6 is 0 Å². The summed E-state index contributed by atoms with van der Waals surface area (Å²) in [6.45, 7) is 2.73. The van der Waals surface area contributed by atoms with Crippen molar-refractivity contribution >= 4 is 11.9 Å². The van der Waals surface area contributed by atoms with Crippen molar-refractivity contribution in [3.63, 3.8) is 0 Å². The highest BCUT2D eigenvalue weighted by Crippen LogP contribution is 2.20. The molecule has 1 aromatic carbocycles. The molecule has 1 radical (unpaired) electrons. The minimum atomic E-state index is -0.569. The number of hydrogen-bond donors (Lipinski definition) is 0. The topological polar surface area (TPSA) is 52.6 Å². The first-order valence-corrected chi connectivity index (χ1v) is 7.46. The van der Waals surface area contributed by atoms with Crippen molar-refractivity contribution in [2.45, 2.75) is 45.3 Å². The lowest BCUT2D eigenvalue weighted by Crippen LogP contribution is -2.35. The van der Waals surface area contributed by atoms with E-state index < -0.39 is 12.2 Å². The average molecular weight is 301 g/mol. The van der Waals surface area contributed by atoms with E-state index in [1.165, 1.54) is 19.4 Å². The molecule has 0 spiro atoms. The van der Waals surface area contributed by atoms with Crippen LogP contribution in [0.2, 0.25) is 0 Å². The Morgan fingerprint density at radius 3 is 2.41 bits per heavy atom. The van der Waals surface area contributed by atoms with Crippen molar-refractivity contribution in [2.24, 2.45) is 0 Å². The predicted octanol–water partition coefficient (Wildman–Crippen LogP) is 2.80. The van der Waals surface area contributed by atoms with Crippen LogP contribution in [0.4, 0.5) is 0 Å². The number of carbonyl (C=O) groups excluding carboxylic acids is 2. The van der Waals surface area contributed by atoms with Crippen molar-refractivity contribution in [2.75, 3.05) is 0 Å². The van der Waals surface area contributed by atoms with Crippen molar-refractivity contribution in [1.82, 2.24) is 0 Å². The molecule has 0 heterocycles. The molecule has 117 valence electrons. The van der Waals surface area contributed by atoms with Gasteiger partial charge >= 0.3 is 11.9 Å². The first-order valence-electron chi connectivity index (χ1n) is 7.46. The fraction of sp³-hybridized carbons (Fsp3) is 0.389. The molecule has 0 amide bonds.